The average Bonchev–Trinajstić information content (AvgIpc) is 3.06. The second kappa shape index (κ2) is 11.1. The van der Waals surface area contributed by atoms with E-state index in [1.807, 2.05) is 19.1 Å². The fourth-order valence-electron chi connectivity index (χ4n) is 5.06. The molecule has 1 aliphatic carbocycles. The number of aliphatic hydroxyl groups excluding tert-OH is 1. The Morgan fingerprint density at radius 2 is 1.90 bits per heavy atom. The number of morpholine rings is 1. The van der Waals surface area contributed by atoms with Crippen molar-refractivity contribution in [3.05, 3.63) is 12.2 Å². The number of nitrogens with zero attached hydrogens (tertiary/aromatic N) is 2. The third-order valence-electron chi connectivity index (χ3n) is 6.73. The number of fused-ring (bicyclic) bond motifs is 1. The highest BCUT2D eigenvalue weighted by molar-refractivity contribution is 5.96. The molecule has 0 aromatic rings. The molecule has 5 atom stereocenters. The Morgan fingerprint density at radius 3 is 2.58 bits per heavy atom. The number of aliphatic hydroxyl groups is 1. The Hall–Kier alpha value is -1.97. The maximum absolute atomic E-state index is 13.4. The lowest BCUT2D eigenvalue weighted by atomic mass is 9.70. The van der Waals surface area contributed by atoms with Gasteiger partial charge in [-0.25, -0.2) is 0 Å². The van der Waals surface area contributed by atoms with Crippen molar-refractivity contribution < 1.29 is 24.2 Å². The molecule has 0 saturated carbocycles. The number of likely N-dealkylation sites (tertiary alicyclic amines) is 1. The van der Waals surface area contributed by atoms with Crippen LogP contribution in [0, 0.1) is 23.7 Å². The molecule has 31 heavy (non-hydrogen) atoms. The van der Waals surface area contributed by atoms with Crippen LogP contribution in [-0.2, 0) is 19.1 Å². The second-order valence-corrected chi connectivity index (χ2v) is 8.64. The van der Waals surface area contributed by atoms with Gasteiger partial charge in [-0.1, -0.05) is 19.1 Å². The molecule has 3 N–H and O–H groups in total. The minimum Gasteiger partial charge on any atom is -0.396 e. The van der Waals surface area contributed by atoms with Gasteiger partial charge in [-0.2, -0.15) is 0 Å². The standard InChI is InChI=1S/C22H36N4O5/c1-15-5-6-16-18(17(15)20(28)23-2)22(30)26(8-3-4-12-27)19(16)21(29)24-7-9-25-10-13-31-14-11-25/h5-6,15-19,27H,3-4,7-14H2,1-2H3,(H,23,28)(H,24,29)/t15-,16+,17-,18-,19+/m1/s1. The van der Waals surface area contributed by atoms with E-state index in [9.17, 15) is 14.4 Å². The van der Waals surface area contributed by atoms with Crippen LogP contribution in [0.1, 0.15) is 19.8 Å². The van der Waals surface area contributed by atoms with Gasteiger partial charge < -0.3 is 25.4 Å². The summed E-state index contributed by atoms with van der Waals surface area (Å²) in [5.74, 6) is -1.91. The van der Waals surface area contributed by atoms with E-state index in [2.05, 4.69) is 15.5 Å². The number of unbranched alkanes of at least 4 members (excludes halogenated alkanes) is 1. The molecule has 174 valence electrons. The first-order valence-electron chi connectivity index (χ1n) is 11.4. The third kappa shape index (κ3) is 5.27. The first kappa shape index (κ1) is 23.7. The number of allylic oxidation sites excluding steroid dienone is 1. The monoisotopic (exact) mass is 436 g/mol. The van der Waals surface area contributed by atoms with Gasteiger partial charge in [0.2, 0.25) is 17.7 Å². The van der Waals surface area contributed by atoms with Crippen LogP contribution < -0.4 is 10.6 Å². The van der Waals surface area contributed by atoms with E-state index in [1.54, 1.807) is 11.9 Å². The van der Waals surface area contributed by atoms with Crippen LogP contribution in [0.4, 0.5) is 0 Å². The van der Waals surface area contributed by atoms with Crippen LogP contribution in [0.15, 0.2) is 12.2 Å². The summed E-state index contributed by atoms with van der Waals surface area (Å²) < 4.78 is 5.36. The molecule has 2 saturated heterocycles. The second-order valence-electron chi connectivity index (χ2n) is 8.64. The number of amides is 3. The molecule has 9 heteroatoms. The molecule has 3 rings (SSSR count). The number of hydrogen-bond donors (Lipinski definition) is 3. The lowest BCUT2D eigenvalue weighted by molar-refractivity contribution is -0.140. The first-order valence-corrected chi connectivity index (χ1v) is 11.4. The van der Waals surface area contributed by atoms with Crippen LogP contribution in [0.25, 0.3) is 0 Å². The largest absolute Gasteiger partial charge is 0.396 e. The highest BCUT2D eigenvalue weighted by Crippen LogP contribution is 2.43. The fraction of sp³-hybridized carbons (Fsp3) is 0.773. The summed E-state index contributed by atoms with van der Waals surface area (Å²) in [6, 6.07) is -0.628. The van der Waals surface area contributed by atoms with Crippen molar-refractivity contribution in [2.75, 3.05) is 59.6 Å². The normalized spacial score (nSPS) is 30.9. The number of nitrogens with one attached hydrogen (secondary N) is 2. The molecule has 0 bridgehead atoms. The van der Waals surface area contributed by atoms with Crippen molar-refractivity contribution in [3.63, 3.8) is 0 Å². The molecule has 2 aliphatic heterocycles. The van der Waals surface area contributed by atoms with Crippen LogP contribution in [-0.4, -0.2) is 98.3 Å². The molecule has 3 aliphatic rings. The zero-order valence-corrected chi connectivity index (χ0v) is 18.6. The summed E-state index contributed by atoms with van der Waals surface area (Å²) in [7, 11) is 1.58. The summed E-state index contributed by atoms with van der Waals surface area (Å²) in [5, 5.41) is 14.9. The Kier molecular flexibility index (Phi) is 8.45. The summed E-state index contributed by atoms with van der Waals surface area (Å²) >= 11 is 0. The van der Waals surface area contributed by atoms with Crippen molar-refractivity contribution >= 4 is 17.7 Å². The number of carbonyl (C=O) groups excluding carboxylic acids is 3. The van der Waals surface area contributed by atoms with Gasteiger partial charge in [0.05, 0.1) is 25.0 Å². The Balaban J connectivity index is 1.74. The van der Waals surface area contributed by atoms with Gasteiger partial charge in [-0.15, -0.1) is 0 Å². The smallest absolute Gasteiger partial charge is 0.243 e. The van der Waals surface area contributed by atoms with Gasteiger partial charge in [0, 0.05) is 52.3 Å². The number of hydrogen-bond acceptors (Lipinski definition) is 6. The maximum Gasteiger partial charge on any atom is 0.243 e. The molecule has 3 amide bonds. The summed E-state index contributed by atoms with van der Waals surface area (Å²) in [4.78, 5) is 43.1. The predicted octanol–water partition coefficient (Wildman–Crippen LogP) is -0.781. The highest BCUT2D eigenvalue weighted by atomic mass is 16.5. The SMILES string of the molecule is CNC(=O)[C@H]1[C@@H]2C(=O)N(CCCCO)[C@H](C(=O)NCCN3CCOCC3)[C@H]2C=C[C@H]1C. The van der Waals surface area contributed by atoms with Crippen molar-refractivity contribution in [1.29, 1.82) is 0 Å². The zero-order chi connectivity index (χ0) is 22.4. The topological polar surface area (TPSA) is 111 Å². The van der Waals surface area contributed by atoms with E-state index in [0.717, 1.165) is 19.6 Å². The zero-order valence-electron chi connectivity index (χ0n) is 18.6. The third-order valence-corrected chi connectivity index (χ3v) is 6.73. The molecule has 0 aromatic carbocycles. The van der Waals surface area contributed by atoms with E-state index >= 15 is 0 Å². The van der Waals surface area contributed by atoms with E-state index in [0.29, 0.717) is 39.1 Å². The van der Waals surface area contributed by atoms with Crippen LogP contribution >= 0.6 is 0 Å². The van der Waals surface area contributed by atoms with E-state index in [4.69, 9.17) is 9.84 Å². The molecule has 9 nitrogen and oxygen atoms in total. The van der Waals surface area contributed by atoms with Gasteiger partial charge in [0.1, 0.15) is 6.04 Å². The number of ether oxygens (including phenoxy) is 1. The lowest BCUT2D eigenvalue weighted by Crippen LogP contribution is -2.49. The van der Waals surface area contributed by atoms with E-state index < -0.39 is 17.9 Å². The average molecular weight is 437 g/mol. The predicted molar refractivity (Wildman–Crippen MR) is 115 cm³/mol. The van der Waals surface area contributed by atoms with Gasteiger partial charge in [0.15, 0.2) is 0 Å². The molecule has 0 aromatic heterocycles. The number of carbonyl (C=O) groups is 3. The highest BCUT2D eigenvalue weighted by Gasteiger charge is 2.56. The molecule has 2 fully saturated rings. The van der Waals surface area contributed by atoms with Gasteiger partial charge in [0.25, 0.3) is 0 Å². The van der Waals surface area contributed by atoms with Crippen molar-refractivity contribution in [3.8, 4) is 0 Å². The van der Waals surface area contributed by atoms with Crippen LogP contribution in [0.2, 0.25) is 0 Å². The van der Waals surface area contributed by atoms with E-state index in [-0.39, 0.29) is 36.2 Å². The van der Waals surface area contributed by atoms with E-state index in [1.165, 1.54) is 0 Å². The van der Waals surface area contributed by atoms with Crippen molar-refractivity contribution in [1.82, 2.24) is 20.4 Å². The van der Waals surface area contributed by atoms with Gasteiger partial charge >= 0.3 is 0 Å². The molecular formula is C22H36N4O5. The molecule has 0 unspecified atom stereocenters. The minimum atomic E-state index is -0.628. The Labute approximate surface area is 184 Å². The quantitative estimate of drug-likeness (QED) is 0.323. The summed E-state index contributed by atoms with van der Waals surface area (Å²) in [6.45, 7) is 6.74. The minimum absolute atomic E-state index is 0.0447. The summed E-state index contributed by atoms with van der Waals surface area (Å²) in [5.41, 5.74) is 0. The van der Waals surface area contributed by atoms with Gasteiger partial charge in [-0.3, -0.25) is 19.3 Å². The lowest BCUT2D eigenvalue weighted by Gasteiger charge is -2.32. The Bertz CT molecular complexity index is 679. The van der Waals surface area contributed by atoms with Crippen LogP contribution in [0.3, 0.4) is 0 Å². The van der Waals surface area contributed by atoms with Gasteiger partial charge in [-0.05, 0) is 18.8 Å². The number of rotatable bonds is 9. The fourth-order valence-corrected chi connectivity index (χ4v) is 5.06. The van der Waals surface area contributed by atoms with Crippen molar-refractivity contribution in [2.24, 2.45) is 23.7 Å². The maximum atomic E-state index is 13.4. The molecule has 2 heterocycles. The Morgan fingerprint density at radius 1 is 1.16 bits per heavy atom. The van der Waals surface area contributed by atoms with Crippen LogP contribution in [0.5, 0.6) is 0 Å². The summed E-state index contributed by atoms with van der Waals surface area (Å²) in [6.07, 6.45) is 5.09. The molecule has 0 spiro atoms. The first-order chi connectivity index (χ1) is 15.0. The van der Waals surface area contributed by atoms with Crippen molar-refractivity contribution in [2.45, 2.75) is 25.8 Å². The molecular weight excluding hydrogens is 400 g/mol. The molecule has 0 radical (unpaired) electrons.